The van der Waals surface area contributed by atoms with Crippen LogP contribution in [-0.4, -0.2) is 49.7 Å². The van der Waals surface area contributed by atoms with Crippen LogP contribution in [0.5, 0.6) is 0 Å². The van der Waals surface area contributed by atoms with Gasteiger partial charge in [0.05, 0.1) is 0 Å². The van der Waals surface area contributed by atoms with Gasteiger partial charge in [-0.05, 0) is 32.6 Å². The van der Waals surface area contributed by atoms with Gasteiger partial charge in [0.2, 0.25) is 10.0 Å². The maximum atomic E-state index is 12.9. The lowest BCUT2D eigenvalue weighted by Gasteiger charge is -2.31. The number of aryl methyl sites for hydroxylation is 1. The first-order valence-electron chi connectivity index (χ1n) is 7.93. The monoisotopic (exact) mass is 342 g/mol. The summed E-state index contributed by atoms with van der Waals surface area (Å²) >= 11 is 0. The lowest BCUT2D eigenvalue weighted by atomic mass is 10.0. The van der Waals surface area contributed by atoms with Gasteiger partial charge in [0, 0.05) is 32.2 Å². The van der Waals surface area contributed by atoms with E-state index in [1.165, 1.54) is 20.2 Å². The zero-order valence-electron chi connectivity index (χ0n) is 14.7. The Bertz CT molecular complexity index is 687. The number of carbonyl (C=O) groups is 1. The molecule has 1 atom stereocenters. The molecule has 0 radical (unpaired) electrons. The molecular weight excluding hydrogens is 316 g/mol. The van der Waals surface area contributed by atoms with Crippen molar-refractivity contribution in [1.82, 2.24) is 9.21 Å². The van der Waals surface area contributed by atoms with Crippen molar-refractivity contribution >= 4 is 15.9 Å². The number of sulfonamides is 1. The fourth-order valence-corrected chi connectivity index (χ4v) is 3.56. The Morgan fingerprint density at radius 1 is 1.26 bits per heavy atom. The second-order valence-corrected chi connectivity index (χ2v) is 8.87. The normalized spacial score (nSPS) is 16.9. The molecule has 0 bridgehead atoms. The van der Waals surface area contributed by atoms with E-state index in [4.69, 9.17) is 4.42 Å². The highest BCUT2D eigenvalue weighted by atomic mass is 32.2. The van der Waals surface area contributed by atoms with Gasteiger partial charge in [-0.15, -0.1) is 0 Å². The van der Waals surface area contributed by atoms with E-state index in [0.717, 1.165) is 17.1 Å². The molecule has 23 heavy (non-hydrogen) atoms. The Balaban J connectivity index is 2.37. The minimum Gasteiger partial charge on any atom is -0.455 e. The first-order chi connectivity index (χ1) is 10.6. The molecule has 2 rings (SSSR count). The van der Waals surface area contributed by atoms with E-state index in [1.54, 1.807) is 6.92 Å². The molecule has 1 aliphatic carbocycles. The van der Waals surface area contributed by atoms with Crippen LogP contribution in [-0.2, 0) is 10.0 Å². The standard InChI is InChI=1S/C16H26N2O4S/c1-10(2)11(3)18(13-7-8-13)16(19)14-9-15(12(4)22-14)23(20,21)17(5)6/h9-11,13H,7-8H2,1-6H3/t11-/m1/s1. The van der Waals surface area contributed by atoms with Crippen LogP contribution in [0.1, 0.15) is 49.9 Å². The predicted octanol–water partition coefficient (Wildman–Crippen LogP) is 2.49. The fourth-order valence-electron chi connectivity index (χ4n) is 2.51. The first-order valence-corrected chi connectivity index (χ1v) is 9.37. The number of rotatable bonds is 6. The predicted molar refractivity (Wildman–Crippen MR) is 87.8 cm³/mol. The molecule has 0 spiro atoms. The topological polar surface area (TPSA) is 70.8 Å². The molecule has 1 fully saturated rings. The van der Waals surface area contributed by atoms with Crippen molar-refractivity contribution in [3.8, 4) is 0 Å². The van der Waals surface area contributed by atoms with Crippen LogP contribution in [0.15, 0.2) is 15.4 Å². The number of hydrogen-bond acceptors (Lipinski definition) is 4. The van der Waals surface area contributed by atoms with E-state index in [1.807, 2.05) is 11.8 Å². The third-order valence-corrected chi connectivity index (χ3v) is 6.34. The van der Waals surface area contributed by atoms with E-state index in [9.17, 15) is 13.2 Å². The van der Waals surface area contributed by atoms with E-state index in [0.29, 0.717) is 5.92 Å². The van der Waals surface area contributed by atoms with E-state index < -0.39 is 10.0 Å². The van der Waals surface area contributed by atoms with Crippen molar-refractivity contribution in [1.29, 1.82) is 0 Å². The van der Waals surface area contributed by atoms with Crippen LogP contribution in [0.4, 0.5) is 0 Å². The summed E-state index contributed by atoms with van der Waals surface area (Å²) < 4.78 is 31.2. The maximum Gasteiger partial charge on any atom is 0.290 e. The Kier molecular flexibility index (Phi) is 4.92. The van der Waals surface area contributed by atoms with Crippen molar-refractivity contribution in [2.75, 3.05) is 14.1 Å². The summed E-state index contributed by atoms with van der Waals surface area (Å²) in [6.07, 6.45) is 1.98. The van der Waals surface area contributed by atoms with E-state index in [2.05, 4.69) is 13.8 Å². The van der Waals surface area contributed by atoms with Crippen LogP contribution in [0.25, 0.3) is 0 Å². The van der Waals surface area contributed by atoms with Gasteiger partial charge in [-0.3, -0.25) is 4.79 Å². The third-order valence-electron chi connectivity index (χ3n) is 4.42. The molecule has 0 N–H and O–H groups in total. The summed E-state index contributed by atoms with van der Waals surface area (Å²) in [6.45, 7) is 7.74. The average Bonchev–Trinajstić information content (AvgIpc) is 3.19. The summed E-state index contributed by atoms with van der Waals surface area (Å²) in [5.74, 6) is 0.440. The molecule has 0 aliphatic heterocycles. The number of nitrogens with zero attached hydrogens (tertiary/aromatic N) is 2. The van der Waals surface area contributed by atoms with Crippen molar-refractivity contribution in [2.45, 2.75) is 57.5 Å². The molecule has 7 heteroatoms. The minimum atomic E-state index is -3.62. The molecule has 6 nitrogen and oxygen atoms in total. The molecular formula is C16H26N2O4S. The highest BCUT2D eigenvalue weighted by Crippen LogP contribution is 2.33. The van der Waals surface area contributed by atoms with Crippen molar-refractivity contribution < 1.29 is 17.6 Å². The molecule has 1 amide bonds. The van der Waals surface area contributed by atoms with Crippen LogP contribution in [0.2, 0.25) is 0 Å². The van der Waals surface area contributed by atoms with Crippen molar-refractivity contribution in [2.24, 2.45) is 5.92 Å². The number of hydrogen-bond donors (Lipinski definition) is 0. The van der Waals surface area contributed by atoms with Crippen LogP contribution >= 0.6 is 0 Å². The zero-order valence-corrected chi connectivity index (χ0v) is 15.5. The van der Waals surface area contributed by atoms with E-state index in [-0.39, 0.29) is 34.4 Å². The molecule has 1 aliphatic rings. The molecule has 1 saturated carbocycles. The minimum absolute atomic E-state index is 0.0544. The van der Waals surface area contributed by atoms with Gasteiger partial charge in [0.1, 0.15) is 10.7 Å². The zero-order chi connectivity index (χ0) is 17.5. The van der Waals surface area contributed by atoms with Gasteiger partial charge in [0.15, 0.2) is 5.76 Å². The van der Waals surface area contributed by atoms with Gasteiger partial charge < -0.3 is 9.32 Å². The molecule has 1 heterocycles. The van der Waals surface area contributed by atoms with Gasteiger partial charge >= 0.3 is 0 Å². The van der Waals surface area contributed by atoms with Crippen LogP contribution in [0.3, 0.4) is 0 Å². The Morgan fingerprint density at radius 3 is 2.26 bits per heavy atom. The molecule has 1 aromatic heterocycles. The second kappa shape index (κ2) is 6.28. The highest BCUT2D eigenvalue weighted by molar-refractivity contribution is 7.89. The third kappa shape index (κ3) is 3.45. The molecule has 0 unspecified atom stereocenters. The van der Waals surface area contributed by atoms with Crippen LogP contribution < -0.4 is 0 Å². The average molecular weight is 342 g/mol. The fraction of sp³-hybridized carbons (Fsp3) is 0.688. The molecule has 130 valence electrons. The molecule has 0 saturated heterocycles. The number of furan rings is 1. The summed E-state index contributed by atoms with van der Waals surface area (Å²) in [6, 6.07) is 1.67. The van der Waals surface area contributed by atoms with Gasteiger partial charge in [-0.1, -0.05) is 13.8 Å². The van der Waals surface area contributed by atoms with Gasteiger partial charge in [0.25, 0.3) is 5.91 Å². The smallest absolute Gasteiger partial charge is 0.290 e. The highest BCUT2D eigenvalue weighted by Gasteiger charge is 2.39. The number of carbonyl (C=O) groups excluding carboxylic acids is 1. The lowest BCUT2D eigenvalue weighted by Crippen LogP contribution is -2.43. The van der Waals surface area contributed by atoms with Crippen molar-refractivity contribution in [3.05, 3.63) is 17.6 Å². The Labute approximate surface area is 138 Å². The molecule has 1 aromatic rings. The largest absolute Gasteiger partial charge is 0.455 e. The summed E-state index contributed by atoms with van der Waals surface area (Å²) in [4.78, 5) is 14.8. The van der Waals surface area contributed by atoms with Crippen molar-refractivity contribution in [3.63, 3.8) is 0 Å². The first kappa shape index (κ1) is 18.0. The van der Waals surface area contributed by atoms with Gasteiger partial charge in [-0.2, -0.15) is 0 Å². The quantitative estimate of drug-likeness (QED) is 0.796. The summed E-state index contributed by atoms with van der Waals surface area (Å²) in [5.41, 5.74) is 0. The lowest BCUT2D eigenvalue weighted by molar-refractivity contribution is 0.0593. The van der Waals surface area contributed by atoms with Crippen LogP contribution in [0, 0.1) is 12.8 Å². The summed E-state index contributed by atoms with van der Waals surface area (Å²) in [5, 5.41) is 0. The summed E-state index contributed by atoms with van der Waals surface area (Å²) in [7, 11) is -0.700. The second-order valence-electron chi connectivity index (χ2n) is 6.75. The Morgan fingerprint density at radius 2 is 1.83 bits per heavy atom. The maximum absolute atomic E-state index is 12.9. The number of amides is 1. The Hall–Kier alpha value is -1.34. The van der Waals surface area contributed by atoms with Gasteiger partial charge in [-0.25, -0.2) is 12.7 Å². The van der Waals surface area contributed by atoms with E-state index >= 15 is 0 Å². The SMILES string of the molecule is Cc1oc(C(=O)N(C2CC2)[C@H](C)C(C)C)cc1S(=O)(=O)N(C)C. The molecule has 0 aromatic carbocycles.